The molecule has 2 rings (SSSR count). The van der Waals surface area contributed by atoms with E-state index in [9.17, 15) is 9.59 Å². The molecule has 1 N–H and O–H groups in total. The van der Waals surface area contributed by atoms with Crippen LogP contribution in [0.3, 0.4) is 0 Å². The van der Waals surface area contributed by atoms with Gasteiger partial charge in [0.05, 0.1) is 18.1 Å². The third kappa shape index (κ3) is 4.97. The van der Waals surface area contributed by atoms with Gasteiger partial charge in [0, 0.05) is 11.3 Å². The van der Waals surface area contributed by atoms with Crippen LogP contribution < -0.4 is 10.1 Å². The lowest BCUT2D eigenvalue weighted by Crippen LogP contribution is -2.27. The molecule has 0 heterocycles. The van der Waals surface area contributed by atoms with E-state index in [1.165, 1.54) is 7.11 Å². The Morgan fingerprint density at radius 1 is 1.08 bits per heavy atom. The van der Waals surface area contributed by atoms with E-state index >= 15 is 0 Å². The van der Waals surface area contributed by atoms with E-state index in [0.29, 0.717) is 22.0 Å². The standard InChI is InChI=1S/C19H20ClNO4/c1-12(2)19(23)25-17(13-7-5-4-6-8-13)18(22)21-14-9-10-16(24-3)15(20)11-14/h4-12,17H,1-3H3,(H,21,22)/t17-/m0/s1. The molecule has 0 saturated heterocycles. The normalized spacial score (nSPS) is 11.7. The van der Waals surface area contributed by atoms with Crippen LogP contribution in [0.1, 0.15) is 25.5 Å². The number of methoxy groups -OCH3 is 1. The third-order valence-electron chi connectivity index (χ3n) is 3.47. The monoisotopic (exact) mass is 361 g/mol. The summed E-state index contributed by atoms with van der Waals surface area (Å²) in [6.07, 6.45) is -1.04. The zero-order valence-electron chi connectivity index (χ0n) is 14.3. The quantitative estimate of drug-likeness (QED) is 0.782. The van der Waals surface area contributed by atoms with Crippen molar-refractivity contribution in [3.05, 3.63) is 59.1 Å². The van der Waals surface area contributed by atoms with Gasteiger partial charge < -0.3 is 14.8 Å². The van der Waals surface area contributed by atoms with Gasteiger partial charge >= 0.3 is 5.97 Å². The maximum Gasteiger partial charge on any atom is 0.309 e. The minimum Gasteiger partial charge on any atom is -0.495 e. The Morgan fingerprint density at radius 3 is 2.32 bits per heavy atom. The van der Waals surface area contributed by atoms with Gasteiger partial charge in [-0.15, -0.1) is 0 Å². The first kappa shape index (κ1) is 18.8. The van der Waals surface area contributed by atoms with Gasteiger partial charge in [0.25, 0.3) is 5.91 Å². The molecule has 0 aliphatic rings. The Morgan fingerprint density at radius 2 is 1.76 bits per heavy atom. The van der Waals surface area contributed by atoms with Crippen LogP contribution >= 0.6 is 11.6 Å². The van der Waals surface area contributed by atoms with E-state index in [4.69, 9.17) is 21.1 Å². The van der Waals surface area contributed by atoms with Gasteiger partial charge in [-0.05, 0) is 18.2 Å². The third-order valence-corrected chi connectivity index (χ3v) is 3.76. The number of amides is 1. The Labute approximate surface area is 151 Å². The molecule has 25 heavy (non-hydrogen) atoms. The number of nitrogens with one attached hydrogen (secondary N) is 1. The van der Waals surface area contributed by atoms with Crippen LogP contribution in [-0.2, 0) is 14.3 Å². The van der Waals surface area contributed by atoms with E-state index in [2.05, 4.69) is 5.32 Å². The molecule has 2 aromatic rings. The fourth-order valence-corrected chi connectivity index (χ4v) is 2.36. The van der Waals surface area contributed by atoms with E-state index < -0.39 is 18.0 Å². The maximum atomic E-state index is 12.7. The van der Waals surface area contributed by atoms with Crippen LogP contribution in [0, 0.1) is 5.92 Å². The summed E-state index contributed by atoms with van der Waals surface area (Å²) in [6.45, 7) is 3.43. The first-order valence-electron chi connectivity index (χ1n) is 7.82. The van der Waals surface area contributed by atoms with Crippen LogP contribution in [0.15, 0.2) is 48.5 Å². The summed E-state index contributed by atoms with van der Waals surface area (Å²) in [5, 5.41) is 3.09. The maximum absolute atomic E-state index is 12.7. The largest absolute Gasteiger partial charge is 0.495 e. The van der Waals surface area contributed by atoms with Gasteiger partial charge in [0.2, 0.25) is 6.10 Å². The highest BCUT2D eigenvalue weighted by Crippen LogP contribution is 2.28. The summed E-state index contributed by atoms with van der Waals surface area (Å²) in [7, 11) is 1.51. The molecule has 0 unspecified atom stereocenters. The van der Waals surface area contributed by atoms with E-state index in [-0.39, 0.29) is 5.92 Å². The number of carbonyl (C=O) groups excluding carboxylic acids is 2. The first-order chi connectivity index (χ1) is 11.9. The lowest BCUT2D eigenvalue weighted by atomic mass is 10.1. The van der Waals surface area contributed by atoms with Crippen molar-refractivity contribution < 1.29 is 19.1 Å². The molecule has 2 aromatic carbocycles. The zero-order valence-corrected chi connectivity index (χ0v) is 15.0. The number of anilines is 1. The number of ether oxygens (including phenoxy) is 2. The number of benzene rings is 2. The molecule has 0 fully saturated rings. The highest BCUT2D eigenvalue weighted by atomic mass is 35.5. The van der Waals surface area contributed by atoms with Crippen molar-refractivity contribution in [2.24, 2.45) is 5.92 Å². The molecule has 132 valence electrons. The second-order valence-electron chi connectivity index (χ2n) is 5.72. The molecular weight excluding hydrogens is 342 g/mol. The molecule has 6 heteroatoms. The van der Waals surface area contributed by atoms with Crippen molar-refractivity contribution in [3.8, 4) is 5.75 Å². The van der Waals surface area contributed by atoms with Gasteiger partial charge in [-0.3, -0.25) is 9.59 Å². The molecule has 0 radical (unpaired) electrons. The molecule has 0 saturated carbocycles. The molecular formula is C19H20ClNO4. The fraction of sp³-hybridized carbons (Fsp3) is 0.263. The Balaban J connectivity index is 2.23. The fourth-order valence-electron chi connectivity index (χ4n) is 2.10. The Hall–Kier alpha value is -2.53. The van der Waals surface area contributed by atoms with E-state index in [0.717, 1.165) is 0 Å². The number of hydrogen-bond donors (Lipinski definition) is 1. The average Bonchev–Trinajstić information content (AvgIpc) is 2.60. The van der Waals surface area contributed by atoms with Crippen LogP contribution in [0.4, 0.5) is 5.69 Å². The highest BCUT2D eigenvalue weighted by molar-refractivity contribution is 6.32. The molecule has 0 bridgehead atoms. The number of rotatable bonds is 6. The minimum atomic E-state index is -1.04. The van der Waals surface area contributed by atoms with Crippen molar-refractivity contribution in [2.45, 2.75) is 20.0 Å². The van der Waals surface area contributed by atoms with Crippen molar-refractivity contribution in [3.63, 3.8) is 0 Å². The zero-order chi connectivity index (χ0) is 18.4. The van der Waals surface area contributed by atoms with E-state index in [1.807, 2.05) is 6.07 Å². The lowest BCUT2D eigenvalue weighted by Gasteiger charge is -2.19. The summed E-state index contributed by atoms with van der Waals surface area (Å²) in [5.74, 6) is -0.738. The Kier molecular flexibility index (Phi) is 6.42. The molecule has 0 aliphatic carbocycles. The summed E-state index contributed by atoms with van der Waals surface area (Å²) in [6, 6.07) is 13.7. The topological polar surface area (TPSA) is 64.6 Å². The van der Waals surface area contributed by atoms with Gasteiger partial charge in [0.1, 0.15) is 5.75 Å². The number of esters is 1. The summed E-state index contributed by atoms with van der Waals surface area (Å²) in [5.41, 5.74) is 1.07. The summed E-state index contributed by atoms with van der Waals surface area (Å²) < 4.78 is 10.5. The van der Waals surface area contributed by atoms with Crippen LogP contribution in [0.5, 0.6) is 5.75 Å². The van der Waals surface area contributed by atoms with Gasteiger partial charge in [-0.25, -0.2) is 0 Å². The van der Waals surface area contributed by atoms with Crippen LogP contribution in [-0.4, -0.2) is 19.0 Å². The molecule has 1 atom stereocenters. The smallest absolute Gasteiger partial charge is 0.309 e. The second-order valence-corrected chi connectivity index (χ2v) is 6.13. The molecule has 0 aliphatic heterocycles. The van der Waals surface area contributed by atoms with Crippen molar-refractivity contribution in [2.75, 3.05) is 12.4 Å². The van der Waals surface area contributed by atoms with Gasteiger partial charge in [-0.2, -0.15) is 0 Å². The average molecular weight is 362 g/mol. The predicted octanol–water partition coefficient (Wildman–Crippen LogP) is 4.23. The lowest BCUT2D eigenvalue weighted by molar-refractivity contribution is -0.157. The van der Waals surface area contributed by atoms with Crippen molar-refractivity contribution >= 4 is 29.2 Å². The molecule has 0 aromatic heterocycles. The Bertz CT molecular complexity index is 746. The minimum absolute atomic E-state index is 0.338. The molecule has 1 amide bonds. The number of hydrogen-bond acceptors (Lipinski definition) is 4. The van der Waals surface area contributed by atoms with Gasteiger partial charge in [-0.1, -0.05) is 55.8 Å². The highest BCUT2D eigenvalue weighted by Gasteiger charge is 2.26. The van der Waals surface area contributed by atoms with Crippen molar-refractivity contribution in [1.82, 2.24) is 0 Å². The summed E-state index contributed by atoms with van der Waals surface area (Å²) >= 11 is 6.07. The molecule has 0 spiro atoms. The van der Waals surface area contributed by atoms with Crippen LogP contribution in [0.25, 0.3) is 0 Å². The molecule has 5 nitrogen and oxygen atoms in total. The number of halogens is 1. The van der Waals surface area contributed by atoms with E-state index in [1.54, 1.807) is 56.3 Å². The number of carbonyl (C=O) groups is 2. The van der Waals surface area contributed by atoms with Crippen LogP contribution in [0.2, 0.25) is 5.02 Å². The predicted molar refractivity (Wildman–Crippen MR) is 96.7 cm³/mol. The van der Waals surface area contributed by atoms with Gasteiger partial charge in [0.15, 0.2) is 0 Å². The van der Waals surface area contributed by atoms with Crippen molar-refractivity contribution in [1.29, 1.82) is 0 Å². The first-order valence-corrected chi connectivity index (χ1v) is 8.20. The summed E-state index contributed by atoms with van der Waals surface area (Å²) in [4.78, 5) is 24.7. The SMILES string of the molecule is COc1ccc(NC(=O)[C@@H](OC(=O)C(C)C)c2ccccc2)cc1Cl. The second kappa shape index (κ2) is 8.53.